The van der Waals surface area contributed by atoms with Crippen LogP contribution in [-0.2, 0) is 4.74 Å². The van der Waals surface area contributed by atoms with E-state index in [1.807, 2.05) is 0 Å². The van der Waals surface area contributed by atoms with Gasteiger partial charge in [-0.1, -0.05) is 0 Å². The van der Waals surface area contributed by atoms with E-state index in [1.165, 1.54) is 6.33 Å². The first kappa shape index (κ1) is 14.8. The minimum atomic E-state index is -1.23. The Labute approximate surface area is 108 Å². The molecule has 0 spiro atoms. The largest absolute Gasteiger partial charge is 0.394 e. The number of nitrogens with one attached hydrogen (secondary N) is 1. The number of ether oxygens (including phenoxy) is 1. The summed E-state index contributed by atoms with van der Waals surface area (Å²) in [6, 6.07) is 0. The third-order valence-electron chi connectivity index (χ3n) is 2.53. The molecule has 2 rings (SSSR count). The molecule has 4 atom stereocenters. The molecular weight excluding hydrogens is 266 g/mol. The average Bonchev–Trinajstić information content (AvgIpc) is 2.87. The molecule has 1 aromatic heterocycles. The van der Waals surface area contributed by atoms with Gasteiger partial charge in [-0.05, 0) is 0 Å². The monoisotopic (exact) mass is 279 g/mol. The van der Waals surface area contributed by atoms with Crippen LogP contribution in [-0.4, -0.2) is 60.8 Å². The lowest BCUT2D eigenvalue weighted by Gasteiger charge is -2.13. The van der Waals surface area contributed by atoms with Gasteiger partial charge in [0.1, 0.15) is 24.6 Å². The molecule has 10 heteroatoms. The van der Waals surface area contributed by atoms with E-state index in [-0.39, 0.29) is 24.1 Å². The lowest BCUT2D eigenvalue weighted by molar-refractivity contribution is -0.0588. The normalized spacial score (nSPS) is 31.1. The van der Waals surface area contributed by atoms with E-state index in [0.29, 0.717) is 0 Å². The van der Waals surface area contributed by atoms with Gasteiger partial charge in [0.15, 0.2) is 12.1 Å². The smallest absolute Gasteiger partial charge is 0.215 e. The minimum absolute atomic E-state index is 0. The Balaban J connectivity index is 0.00000162. The molecule has 102 valence electrons. The zero-order chi connectivity index (χ0) is 12.6. The lowest BCUT2D eigenvalue weighted by Crippen LogP contribution is -2.33. The van der Waals surface area contributed by atoms with Crippen molar-refractivity contribution in [1.82, 2.24) is 14.8 Å². The Hall–Kier alpha value is -1.26. The minimum Gasteiger partial charge on any atom is -0.394 e. The van der Waals surface area contributed by atoms with Gasteiger partial charge >= 0.3 is 0 Å². The number of rotatable bonds is 3. The number of aliphatic hydroxyl groups excluding tert-OH is 3. The number of nitrogen functional groups attached to an aromatic ring is 1. The first-order valence-corrected chi connectivity index (χ1v) is 4.92. The summed E-state index contributed by atoms with van der Waals surface area (Å²) < 4.78 is 6.37. The fraction of sp³-hybridized carbons (Fsp3) is 0.625. The highest BCUT2D eigenvalue weighted by atomic mass is 35.5. The highest BCUT2D eigenvalue weighted by molar-refractivity contribution is 5.90. The number of amidine groups is 1. The molecule has 1 saturated heterocycles. The van der Waals surface area contributed by atoms with Crippen molar-refractivity contribution in [2.75, 3.05) is 6.61 Å². The van der Waals surface area contributed by atoms with Gasteiger partial charge in [-0.3, -0.25) is 5.41 Å². The molecule has 0 saturated carbocycles. The van der Waals surface area contributed by atoms with Crippen molar-refractivity contribution < 1.29 is 20.1 Å². The van der Waals surface area contributed by atoms with Gasteiger partial charge in [0.05, 0.1) is 6.61 Å². The van der Waals surface area contributed by atoms with Crippen molar-refractivity contribution in [3.8, 4) is 0 Å². The molecule has 0 aliphatic carbocycles. The Kier molecular flexibility index (Phi) is 4.59. The van der Waals surface area contributed by atoms with Crippen molar-refractivity contribution in [1.29, 1.82) is 5.41 Å². The van der Waals surface area contributed by atoms with Gasteiger partial charge in [0, 0.05) is 0 Å². The Morgan fingerprint density at radius 3 is 2.61 bits per heavy atom. The number of hydrogen-bond acceptors (Lipinski definition) is 7. The summed E-state index contributed by atoms with van der Waals surface area (Å²) in [5.41, 5.74) is 5.19. The molecule has 9 nitrogen and oxygen atoms in total. The van der Waals surface area contributed by atoms with Crippen molar-refractivity contribution >= 4 is 18.2 Å². The van der Waals surface area contributed by atoms with Crippen LogP contribution in [0.3, 0.4) is 0 Å². The third kappa shape index (κ3) is 2.44. The molecule has 1 aliphatic heterocycles. The third-order valence-corrected chi connectivity index (χ3v) is 2.53. The number of nitrogens with two attached hydrogens (primary N) is 1. The maximum Gasteiger partial charge on any atom is 0.215 e. The molecule has 0 aromatic carbocycles. The highest BCUT2D eigenvalue weighted by Crippen LogP contribution is 2.28. The van der Waals surface area contributed by atoms with E-state index in [4.69, 9.17) is 21.0 Å². The second-order valence-corrected chi connectivity index (χ2v) is 3.69. The summed E-state index contributed by atoms with van der Waals surface area (Å²) in [7, 11) is 0. The molecule has 1 fully saturated rings. The summed E-state index contributed by atoms with van der Waals surface area (Å²) >= 11 is 0. The first-order valence-electron chi connectivity index (χ1n) is 4.92. The molecule has 0 amide bonds. The second kappa shape index (κ2) is 5.59. The number of aliphatic hydroxyl groups is 3. The Bertz CT molecular complexity index is 427. The molecule has 2 heterocycles. The summed E-state index contributed by atoms with van der Waals surface area (Å²) in [4.78, 5) is 3.74. The summed E-state index contributed by atoms with van der Waals surface area (Å²) in [5, 5.41) is 39.1. The molecule has 1 aliphatic rings. The van der Waals surface area contributed by atoms with E-state index >= 15 is 0 Å². The van der Waals surface area contributed by atoms with Crippen molar-refractivity contribution in [2.24, 2.45) is 5.73 Å². The predicted octanol–water partition coefficient (Wildman–Crippen LogP) is -2.40. The standard InChI is InChI=1S/C8H13N5O4.ClH/c9-6(10)7-11-2-13(12-7)8-5(16)4(15)3(1-14)17-8;/h2-5,8,14-16H,1H2,(H3,9,10);1H/t3-,4-,5-,8-;/m1./s1. The molecular formula is C8H14ClN5O4. The van der Waals surface area contributed by atoms with Crippen LogP contribution in [0.25, 0.3) is 0 Å². The van der Waals surface area contributed by atoms with Crippen LogP contribution < -0.4 is 5.73 Å². The van der Waals surface area contributed by atoms with E-state index in [0.717, 1.165) is 4.68 Å². The van der Waals surface area contributed by atoms with Gasteiger partial charge in [-0.25, -0.2) is 9.67 Å². The van der Waals surface area contributed by atoms with E-state index in [9.17, 15) is 10.2 Å². The van der Waals surface area contributed by atoms with Crippen molar-refractivity contribution in [2.45, 2.75) is 24.5 Å². The summed E-state index contributed by atoms with van der Waals surface area (Å²) in [6.45, 7) is -0.414. The van der Waals surface area contributed by atoms with Gasteiger partial charge in [-0.2, -0.15) is 0 Å². The lowest BCUT2D eigenvalue weighted by atomic mass is 10.1. The molecule has 6 N–H and O–H groups in total. The summed E-state index contributed by atoms with van der Waals surface area (Å²) in [5.74, 6) is -0.307. The van der Waals surface area contributed by atoms with Crippen LogP contribution in [0.2, 0.25) is 0 Å². The Morgan fingerprint density at radius 2 is 2.17 bits per heavy atom. The van der Waals surface area contributed by atoms with Gasteiger partial charge in [-0.15, -0.1) is 17.5 Å². The van der Waals surface area contributed by atoms with Crippen molar-refractivity contribution in [3.63, 3.8) is 0 Å². The van der Waals surface area contributed by atoms with Crippen LogP contribution >= 0.6 is 12.4 Å². The average molecular weight is 280 g/mol. The predicted molar refractivity (Wildman–Crippen MR) is 61.3 cm³/mol. The van der Waals surface area contributed by atoms with E-state index in [1.54, 1.807) is 0 Å². The van der Waals surface area contributed by atoms with Gasteiger partial charge in [0.2, 0.25) is 5.82 Å². The summed E-state index contributed by atoms with van der Waals surface area (Å²) in [6.07, 6.45) is -3.02. The van der Waals surface area contributed by atoms with E-state index in [2.05, 4.69) is 10.1 Å². The molecule has 1 aromatic rings. The maximum atomic E-state index is 9.70. The fourth-order valence-corrected chi connectivity index (χ4v) is 1.62. The van der Waals surface area contributed by atoms with Crippen LogP contribution in [0.5, 0.6) is 0 Å². The zero-order valence-electron chi connectivity index (χ0n) is 9.17. The quantitative estimate of drug-likeness (QED) is 0.305. The second-order valence-electron chi connectivity index (χ2n) is 3.69. The number of halogens is 1. The fourth-order valence-electron chi connectivity index (χ4n) is 1.62. The Morgan fingerprint density at radius 1 is 1.50 bits per heavy atom. The van der Waals surface area contributed by atoms with Crippen LogP contribution in [0.1, 0.15) is 12.1 Å². The van der Waals surface area contributed by atoms with Crippen molar-refractivity contribution in [3.05, 3.63) is 12.2 Å². The zero-order valence-corrected chi connectivity index (χ0v) is 9.99. The van der Waals surface area contributed by atoms with Crippen LogP contribution in [0.4, 0.5) is 0 Å². The SMILES string of the molecule is Cl.N=C(N)c1ncn([C@@H]2O[C@H](CO)[C@@H](O)[C@H]2O)n1. The topological polar surface area (TPSA) is 150 Å². The van der Waals surface area contributed by atoms with Gasteiger partial charge < -0.3 is 25.8 Å². The van der Waals surface area contributed by atoms with Crippen LogP contribution in [0, 0.1) is 5.41 Å². The molecule has 0 bridgehead atoms. The highest BCUT2D eigenvalue weighted by Gasteiger charge is 2.43. The number of aromatic nitrogens is 3. The molecule has 0 unspecified atom stereocenters. The van der Waals surface area contributed by atoms with Gasteiger partial charge in [0.25, 0.3) is 0 Å². The first-order chi connectivity index (χ1) is 8.04. The maximum absolute atomic E-state index is 9.70. The number of hydrogen-bond donors (Lipinski definition) is 5. The van der Waals surface area contributed by atoms with E-state index < -0.39 is 31.1 Å². The molecule has 0 radical (unpaired) electrons. The molecule has 18 heavy (non-hydrogen) atoms. The number of nitrogens with zero attached hydrogens (tertiary/aromatic N) is 3. The van der Waals surface area contributed by atoms with Crippen LogP contribution in [0.15, 0.2) is 6.33 Å².